The van der Waals surface area contributed by atoms with E-state index in [-0.39, 0.29) is 5.41 Å². The summed E-state index contributed by atoms with van der Waals surface area (Å²) in [5, 5.41) is 0. The monoisotopic (exact) mass is 309 g/mol. The summed E-state index contributed by atoms with van der Waals surface area (Å²) >= 11 is 0. The van der Waals surface area contributed by atoms with Gasteiger partial charge in [-0.25, -0.2) is 0 Å². The minimum atomic E-state index is 0.234. The second-order valence-electron chi connectivity index (χ2n) is 7.11. The summed E-state index contributed by atoms with van der Waals surface area (Å²) in [5.74, 6) is 6.66. The van der Waals surface area contributed by atoms with Crippen molar-refractivity contribution in [3.05, 3.63) is 46.5 Å². The number of allylic oxidation sites excluding steroid dienone is 1. The summed E-state index contributed by atoms with van der Waals surface area (Å²) in [5.41, 5.74) is 7.11. The zero-order valence-corrected chi connectivity index (χ0v) is 15.6. The zero-order chi connectivity index (χ0) is 17.0. The fourth-order valence-corrected chi connectivity index (χ4v) is 3.65. The van der Waals surface area contributed by atoms with Crippen molar-refractivity contribution < 1.29 is 0 Å². The lowest BCUT2D eigenvalue weighted by Gasteiger charge is -2.45. The van der Waals surface area contributed by atoms with Gasteiger partial charge in [0.1, 0.15) is 0 Å². The average Bonchev–Trinajstić information content (AvgIpc) is 2.47. The molecule has 0 amide bonds. The molecule has 0 saturated heterocycles. The highest BCUT2D eigenvalue weighted by atomic mass is 15.0. The molecule has 1 aliphatic rings. The summed E-state index contributed by atoms with van der Waals surface area (Å²) < 4.78 is 0. The summed E-state index contributed by atoms with van der Waals surface area (Å²) in [6, 6.07) is 4.73. The van der Waals surface area contributed by atoms with Crippen LogP contribution in [-0.2, 0) is 11.8 Å². The Labute approximate surface area is 142 Å². The van der Waals surface area contributed by atoms with E-state index < -0.39 is 0 Å². The summed E-state index contributed by atoms with van der Waals surface area (Å²) in [7, 11) is 4.11. The number of rotatable bonds is 5. The van der Waals surface area contributed by atoms with Crippen molar-refractivity contribution in [3.63, 3.8) is 0 Å². The molecule has 0 aliphatic heterocycles. The quantitative estimate of drug-likeness (QED) is 0.554. The highest BCUT2D eigenvalue weighted by Crippen LogP contribution is 2.51. The van der Waals surface area contributed by atoms with Crippen molar-refractivity contribution >= 4 is 0 Å². The van der Waals surface area contributed by atoms with E-state index in [0.717, 1.165) is 19.4 Å². The second kappa shape index (κ2) is 7.37. The van der Waals surface area contributed by atoms with Crippen LogP contribution in [0.25, 0.3) is 0 Å². The standard InChI is InChI=1S/C22H31N/c1-7-18(4)22(12-10-13-22)21-16-19(8-2)20(15-17(21)3)11-9-14-23(5)6/h15-16H,4,7-8,10,12-14H2,1-3,5-6H3. The molecule has 0 aromatic heterocycles. The number of aryl methyl sites for hydroxylation is 2. The molecule has 23 heavy (non-hydrogen) atoms. The van der Waals surface area contributed by atoms with Crippen LogP contribution in [0.1, 0.15) is 61.8 Å². The molecular weight excluding hydrogens is 278 g/mol. The molecule has 0 bridgehead atoms. The van der Waals surface area contributed by atoms with E-state index in [1.54, 1.807) is 0 Å². The van der Waals surface area contributed by atoms with Crippen LogP contribution in [0, 0.1) is 18.8 Å². The SMILES string of the molecule is C=C(CC)C1(c2cc(CC)c(C#CCN(C)C)cc2C)CCC1. The summed E-state index contributed by atoms with van der Waals surface area (Å²) in [6.07, 6.45) is 5.95. The Balaban J connectivity index is 2.43. The van der Waals surface area contributed by atoms with E-state index >= 15 is 0 Å². The molecule has 124 valence electrons. The van der Waals surface area contributed by atoms with Crippen molar-refractivity contribution in [1.29, 1.82) is 0 Å². The highest BCUT2D eigenvalue weighted by Gasteiger charge is 2.41. The first-order chi connectivity index (χ1) is 10.9. The zero-order valence-electron chi connectivity index (χ0n) is 15.6. The Hall–Kier alpha value is -1.52. The molecule has 0 unspecified atom stereocenters. The molecule has 1 saturated carbocycles. The number of hydrogen-bond donors (Lipinski definition) is 0. The minimum Gasteiger partial charge on any atom is -0.299 e. The molecule has 0 spiro atoms. The first-order valence-corrected chi connectivity index (χ1v) is 8.90. The van der Waals surface area contributed by atoms with Gasteiger partial charge in [0.2, 0.25) is 0 Å². The van der Waals surface area contributed by atoms with Gasteiger partial charge in [-0.15, -0.1) is 0 Å². The van der Waals surface area contributed by atoms with Crippen LogP contribution in [-0.4, -0.2) is 25.5 Å². The van der Waals surface area contributed by atoms with Gasteiger partial charge in [-0.3, -0.25) is 4.90 Å². The van der Waals surface area contributed by atoms with Crippen molar-refractivity contribution in [2.45, 2.75) is 58.3 Å². The number of benzene rings is 1. The van der Waals surface area contributed by atoms with Gasteiger partial charge in [0, 0.05) is 11.0 Å². The molecule has 1 aliphatic carbocycles. The maximum absolute atomic E-state index is 4.40. The molecule has 0 atom stereocenters. The van der Waals surface area contributed by atoms with Crippen LogP contribution < -0.4 is 0 Å². The molecule has 1 heteroatoms. The molecule has 2 rings (SSSR count). The Morgan fingerprint density at radius 2 is 1.96 bits per heavy atom. The third-order valence-electron chi connectivity index (χ3n) is 5.28. The maximum atomic E-state index is 4.40. The molecule has 1 nitrogen and oxygen atoms in total. The lowest BCUT2D eigenvalue weighted by atomic mass is 9.59. The van der Waals surface area contributed by atoms with Crippen molar-refractivity contribution in [3.8, 4) is 11.8 Å². The van der Waals surface area contributed by atoms with Crippen LogP contribution >= 0.6 is 0 Å². The molecule has 1 aromatic carbocycles. The Morgan fingerprint density at radius 3 is 2.43 bits per heavy atom. The van der Waals surface area contributed by atoms with Crippen molar-refractivity contribution in [2.24, 2.45) is 0 Å². The molecular formula is C22H31N. The highest BCUT2D eigenvalue weighted by molar-refractivity contribution is 5.52. The first kappa shape index (κ1) is 17.8. The fourth-order valence-electron chi connectivity index (χ4n) is 3.65. The largest absolute Gasteiger partial charge is 0.299 e. The average molecular weight is 309 g/mol. The van der Waals surface area contributed by atoms with Crippen LogP contribution in [0.3, 0.4) is 0 Å². The van der Waals surface area contributed by atoms with Crippen LogP contribution in [0.15, 0.2) is 24.3 Å². The van der Waals surface area contributed by atoms with E-state index in [1.165, 1.54) is 47.1 Å². The normalized spacial score (nSPS) is 15.7. The van der Waals surface area contributed by atoms with Gasteiger partial charge in [0.25, 0.3) is 0 Å². The van der Waals surface area contributed by atoms with E-state index in [2.05, 4.69) is 70.3 Å². The Bertz CT molecular complexity index is 636. The minimum absolute atomic E-state index is 0.234. The molecule has 1 fully saturated rings. The first-order valence-electron chi connectivity index (χ1n) is 8.90. The van der Waals surface area contributed by atoms with Crippen LogP contribution in [0.4, 0.5) is 0 Å². The van der Waals surface area contributed by atoms with Gasteiger partial charge < -0.3 is 0 Å². The summed E-state index contributed by atoms with van der Waals surface area (Å²) in [4.78, 5) is 2.11. The van der Waals surface area contributed by atoms with Gasteiger partial charge in [-0.05, 0) is 69.5 Å². The smallest absolute Gasteiger partial charge is 0.0600 e. The molecule has 0 radical (unpaired) electrons. The summed E-state index contributed by atoms with van der Waals surface area (Å²) in [6.45, 7) is 11.9. The van der Waals surface area contributed by atoms with Gasteiger partial charge >= 0.3 is 0 Å². The van der Waals surface area contributed by atoms with Gasteiger partial charge in [-0.1, -0.05) is 50.3 Å². The molecule has 0 N–H and O–H groups in total. The van der Waals surface area contributed by atoms with Gasteiger partial charge in [0.05, 0.1) is 6.54 Å². The maximum Gasteiger partial charge on any atom is 0.0600 e. The Morgan fingerprint density at radius 1 is 1.26 bits per heavy atom. The lowest BCUT2D eigenvalue weighted by molar-refractivity contribution is 0.288. The fraction of sp³-hybridized carbons (Fsp3) is 0.545. The van der Waals surface area contributed by atoms with Crippen molar-refractivity contribution in [1.82, 2.24) is 4.90 Å². The predicted molar refractivity (Wildman–Crippen MR) is 101 cm³/mol. The van der Waals surface area contributed by atoms with E-state index in [4.69, 9.17) is 0 Å². The van der Waals surface area contributed by atoms with Crippen LogP contribution in [0.5, 0.6) is 0 Å². The Kier molecular flexibility index (Phi) is 5.71. The lowest BCUT2D eigenvalue weighted by Crippen LogP contribution is -2.36. The van der Waals surface area contributed by atoms with Gasteiger partial charge in [-0.2, -0.15) is 0 Å². The third kappa shape index (κ3) is 3.54. The predicted octanol–water partition coefficient (Wildman–Crippen LogP) is 4.86. The third-order valence-corrected chi connectivity index (χ3v) is 5.28. The molecule has 0 heterocycles. The number of nitrogens with zero attached hydrogens (tertiary/aromatic N) is 1. The molecule has 1 aromatic rings. The topological polar surface area (TPSA) is 3.24 Å². The number of hydrogen-bond acceptors (Lipinski definition) is 1. The second-order valence-corrected chi connectivity index (χ2v) is 7.11. The van der Waals surface area contributed by atoms with E-state index in [0.29, 0.717) is 0 Å². The van der Waals surface area contributed by atoms with Gasteiger partial charge in [0.15, 0.2) is 0 Å². The van der Waals surface area contributed by atoms with Crippen molar-refractivity contribution in [2.75, 3.05) is 20.6 Å². The van der Waals surface area contributed by atoms with E-state index in [1.807, 2.05) is 0 Å². The van der Waals surface area contributed by atoms with Crippen LogP contribution in [0.2, 0.25) is 0 Å². The van der Waals surface area contributed by atoms with E-state index in [9.17, 15) is 0 Å².